The van der Waals surface area contributed by atoms with Gasteiger partial charge in [-0.2, -0.15) is 0 Å². The number of phenols is 2. The highest BCUT2D eigenvalue weighted by Crippen LogP contribution is 2.48. The van der Waals surface area contributed by atoms with Gasteiger partial charge in [0.1, 0.15) is 24.4 Å². The molecule has 1 aliphatic heterocycles. The van der Waals surface area contributed by atoms with Crippen LogP contribution in [0.25, 0.3) is 0 Å². The quantitative estimate of drug-likeness (QED) is 0.245. The van der Waals surface area contributed by atoms with E-state index in [1.165, 1.54) is 20.3 Å². The molecule has 0 aromatic heterocycles. The number of rotatable bonds is 8. The lowest BCUT2D eigenvalue weighted by atomic mass is 9.67. The second kappa shape index (κ2) is 11.4. The van der Waals surface area contributed by atoms with Gasteiger partial charge in [0, 0.05) is 12.5 Å². The van der Waals surface area contributed by atoms with E-state index in [1.54, 1.807) is 24.3 Å². The minimum Gasteiger partial charge on any atom is -0.504 e. The van der Waals surface area contributed by atoms with E-state index in [0.717, 1.165) is 16.7 Å². The van der Waals surface area contributed by atoms with Gasteiger partial charge >= 0.3 is 0 Å². The molecule has 11 nitrogen and oxygen atoms in total. The van der Waals surface area contributed by atoms with E-state index in [0.29, 0.717) is 12.2 Å². The van der Waals surface area contributed by atoms with Crippen LogP contribution in [0.15, 0.2) is 30.3 Å². The number of aliphatic hydroxyl groups excluding tert-OH is 5. The Hall–Kier alpha value is -2.64. The fraction of sp³-hybridized carbons (Fsp3) is 0.538. The molecule has 1 fully saturated rings. The van der Waals surface area contributed by atoms with E-state index in [9.17, 15) is 35.7 Å². The van der Waals surface area contributed by atoms with E-state index >= 15 is 0 Å². The molecule has 204 valence electrons. The molecule has 11 heteroatoms. The fourth-order valence-electron chi connectivity index (χ4n) is 5.35. The predicted octanol–water partition coefficient (Wildman–Crippen LogP) is -0.156. The highest BCUT2D eigenvalue weighted by Gasteiger charge is 2.45. The molecule has 37 heavy (non-hydrogen) atoms. The Bertz CT molecular complexity index is 1070. The molecule has 7 N–H and O–H groups in total. The van der Waals surface area contributed by atoms with Crippen molar-refractivity contribution in [2.24, 2.45) is 11.8 Å². The lowest BCUT2D eigenvalue weighted by molar-refractivity contribution is -0.304. The molecule has 0 unspecified atom stereocenters. The standard InChI is InChI=1S/C26H34O11/c1-34-19-6-12(3-4-17(19)29)22-15-8-18(30)20(35-2)7-13(15)5-14(9-27)16(22)11-36-26-25(33)24(32)23(31)21(10-28)37-26/h3-4,6-8,14,16,21-33H,5,9-11H2,1-2H3/t14-,16+,21-,22-,23-,24+,25-,26+/m1/s1. The number of aliphatic hydroxyl groups is 5. The van der Waals surface area contributed by atoms with Crippen molar-refractivity contribution >= 4 is 0 Å². The zero-order chi connectivity index (χ0) is 26.9. The van der Waals surface area contributed by atoms with Crippen molar-refractivity contribution in [3.05, 3.63) is 47.0 Å². The first kappa shape index (κ1) is 27.4. The minimum absolute atomic E-state index is 0.0476. The van der Waals surface area contributed by atoms with Crippen LogP contribution >= 0.6 is 0 Å². The van der Waals surface area contributed by atoms with Gasteiger partial charge in [0.2, 0.25) is 0 Å². The number of hydrogen-bond acceptors (Lipinski definition) is 11. The first-order valence-corrected chi connectivity index (χ1v) is 12.0. The van der Waals surface area contributed by atoms with Crippen molar-refractivity contribution < 1.29 is 54.7 Å². The van der Waals surface area contributed by atoms with E-state index in [2.05, 4.69) is 0 Å². The topological polar surface area (TPSA) is 179 Å². The van der Waals surface area contributed by atoms with Crippen LogP contribution in [-0.2, 0) is 15.9 Å². The second-order valence-electron chi connectivity index (χ2n) is 9.47. The Kier molecular flexibility index (Phi) is 8.44. The van der Waals surface area contributed by atoms with Gasteiger partial charge in [-0.15, -0.1) is 0 Å². The van der Waals surface area contributed by atoms with E-state index in [4.69, 9.17) is 18.9 Å². The van der Waals surface area contributed by atoms with Crippen molar-refractivity contribution in [2.45, 2.75) is 43.0 Å². The molecule has 0 spiro atoms. The zero-order valence-corrected chi connectivity index (χ0v) is 20.6. The minimum atomic E-state index is -1.59. The van der Waals surface area contributed by atoms with Gasteiger partial charge in [0.15, 0.2) is 29.3 Å². The third-order valence-corrected chi connectivity index (χ3v) is 7.39. The van der Waals surface area contributed by atoms with Gasteiger partial charge in [0.25, 0.3) is 0 Å². The number of hydrogen-bond donors (Lipinski definition) is 7. The van der Waals surface area contributed by atoms with Gasteiger partial charge in [-0.1, -0.05) is 6.07 Å². The van der Waals surface area contributed by atoms with Gasteiger partial charge in [-0.3, -0.25) is 0 Å². The molecule has 4 rings (SSSR count). The average Bonchev–Trinajstić information content (AvgIpc) is 2.90. The van der Waals surface area contributed by atoms with E-state index < -0.39 is 49.1 Å². The number of phenolic OH excluding ortho intramolecular Hbond substituents is 2. The number of fused-ring (bicyclic) bond motifs is 1. The lowest BCUT2D eigenvalue weighted by Gasteiger charge is -2.43. The normalized spacial score (nSPS) is 31.5. The van der Waals surface area contributed by atoms with E-state index in [-0.39, 0.29) is 36.4 Å². The Labute approximate surface area is 214 Å². The van der Waals surface area contributed by atoms with Gasteiger partial charge < -0.3 is 54.7 Å². The first-order chi connectivity index (χ1) is 17.7. The molecule has 0 amide bonds. The summed E-state index contributed by atoms with van der Waals surface area (Å²) in [5.41, 5.74) is 2.34. The SMILES string of the molecule is COc1cc([C@@H]2c3cc(O)c(OC)cc3C[C@H](CO)[C@@H]2CO[C@H]2O[C@H](CO)[C@@H](O)[C@H](O)[C@H]2O)ccc1O. The molecule has 1 saturated heterocycles. The third kappa shape index (κ3) is 5.21. The second-order valence-corrected chi connectivity index (χ2v) is 9.47. The molecule has 2 aromatic carbocycles. The van der Waals surface area contributed by atoms with Crippen molar-refractivity contribution in [2.75, 3.05) is 34.0 Å². The average molecular weight is 523 g/mol. The largest absolute Gasteiger partial charge is 0.504 e. The van der Waals surface area contributed by atoms with Crippen LogP contribution in [0.1, 0.15) is 22.6 Å². The summed E-state index contributed by atoms with van der Waals surface area (Å²) in [5, 5.41) is 71.2. The summed E-state index contributed by atoms with van der Waals surface area (Å²) < 4.78 is 22.0. The Morgan fingerprint density at radius 2 is 1.57 bits per heavy atom. The first-order valence-electron chi connectivity index (χ1n) is 12.0. The molecule has 1 aliphatic carbocycles. The molecular formula is C26H34O11. The van der Waals surface area contributed by atoms with Crippen LogP contribution in [0.2, 0.25) is 0 Å². The number of methoxy groups -OCH3 is 2. The van der Waals surface area contributed by atoms with Crippen LogP contribution in [0.3, 0.4) is 0 Å². The summed E-state index contributed by atoms with van der Waals surface area (Å²) in [6, 6.07) is 8.22. The maximum absolute atomic E-state index is 10.6. The summed E-state index contributed by atoms with van der Waals surface area (Å²) in [6.07, 6.45) is -6.68. The fourth-order valence-corrected chi connectivity index (χ4v) is 5.35. The molecular weight excluding hydrogens is 488 g/mol. The van der Waals surface area contributed by atoms with Gasteiger partial charge in [0.05, 0.1) is 27.4 Å². The highest BCUT2D eigenvalue weighted by molar-refractivity contribution is 5.53. The monoisotopic (exact) mass is 522 g/mol. The van der Waals surface area contributed by atoms with Crippen LogP contribution in [0.5, 0.6) is 23.0 Å². The number of benzene rings is 2. The number of ether oxygens (including phenoxy) is 4. The summed E-state index contributed by atoms with van der Waals surface area (Å²) in [6.45, 7) is -0.830. The lowest BCUT2D eigenvalue weighted by Crippen LogP contribution is -2.59. The maximum Gasteiger partial charge on any atom is 0.186 e. The van der Waals surface area contributed by atoms with Crippen molar-refractivity contribution in [1.82, 2.24) is 0 Å². The molecule has 0 saturated carbocycles. The highest BCUT2D eigenvalue weighted by atomic mass is 16.7. The molecule has 2 aliphatic rings. The third-order valence-electron chi connectivity index (χ3n) is 7.39. The molecule has 0 radical (unpaired) electrons. The molecule has 1 heterocycles. The summed E-state index contributed by atoms with van der Waals surface area (Å²) in [4.78, 5) is 0. The Morgan fingerprint density at radius 3 is 2.22 bits per heavy atom. The summed E-state index contributed by atoms with van der Waals surface area (Å²) >= 11 is 0. The molecule has 0 bridgehead atoms. The van der Waals surface area contributed by atoms with Gasteiger partial charge in [-0.05, 0) is 59.2 Å². The van der Waals surface area contributed by atoms with Crippen molar-refractivity contribution in [3.63, 3.8) is 0 Å². The smallest absolute Gasteiger partial charge is 0.186 e. The van der Waals surface area contributed by atoms with Crippen LogP contribution in [0.4, 0.5) is 0 Å². The molecule has 8 atom stereocenters. The molecule has 2 aromatic rings. The summed E-state index contributed by atoms with van der Waals surface area (Å²) in [5.74, 6) is -0.744. The van der Waals surface area contributed by atoms with E-state index in [1.807, 2.05) is 0 Å². The van der Waals surface area contributed by atoms with Crippen molar-refractivity contribution in [1.29, 1.82) is 0 Å². The van der Waals surface area contributed by atoms with Crippen LogP contribution in [0, 0.1) is 11.8 Å². The van der Waals surface area contributed by atoms with Crippen molar-refractivity contribution in [3.8, 4) is 23.0 Å². The van der Waals surface area contributed by atoms with Gasteiger partial charge in [-0.25, -0.2) is 0 Å². The predicted molar refractivity (Wildman–Crippen MR) is 129 cm³/mol. The summed E-state index contributed by atoms with van der Waals surface area (Å²) in [7, 11) is 2.88. The van der Waals surface area contributed by atoms with Crippen LogP contribution in [-0.4, -0.2) is 100 Å². The zero-order valence-electron chi connectivity index (χ0n) is 20.6. The Balaban J connectivity index is 1.72. The van der Waals surface area contributed by atoms with Crippen LogP contribution < -0.4 is 9.47 Å². The maximum atomic E-state index is 10.6. The Morgan fingerprint density at radius 1 is 0.865 bits per heavy atom. The number of aromatic hydroxyl groups is 2.